The zero-order chi connectivity index (χ0) is 21.8. The summed E-state index contributed by atoms with van der Waals surface area (Å²) in [4.78, 5) is 12.8. The summed E-state index contributed by atoms with van der Waals surface area (Å²) in [5, 5.41) is 40.3. The van der Waals surface area contributed by atoms with Crippen LogP contribution in [0, 0.1) is 39.2 Å². The molecule has 1 aliphatic carbocycles. The molecule has 3 saturated heterocycles. The highest BCUT2D eigenvalue weighted by atomic mass is 16.7. The van der Waals surface area contributed by atoms with Crippen molar-refractivity contribution in [1.29, 1.82) is 5.26 Å². The lowest BCUT2D eigenvalue weighted by Crippen LogP contribution is -2.71. The Balaban J connectivity index is 1.53. The number of hydrogen-bond acceptors (Lipinski definition) is 8. The van der Waals surface area contributed by atoms with E-state index in [0.29, 0.717) is 11.7 Å². The summed E-state index contributed by atoms with van der Waals surface area (Å²) in [5.41, 5.74) is -0.241. The van der Waals surface area contributed by atoms with E-state index in [1.165, 1.54) is 30.3 Å². The molecule has 0 aromatic heterocycles. The van der Waals surface area contributed by atoms with Crippen LogP contribution in [0.2, 0.25) is 0 Å². The number of nitro groups is 1. The van der Waals surface area contributed by atoms with Gasteiger partial charge in [0, 0.05) is 49.7 Å². The molecule has 4 fully saturated rings. The van der Waals surface area contributed by atoms with Gasteiger partial charge in [-0.25, -0.2) is 0 Å². The van der Waals surface area contributed by atoms with Gasteiger partial charge in [-0.3, -0.25) is 10.1 Å². The third-order valence-electron chi connectivity index (χ3n) is 6.64. The maximum absolute atomic E-state index is 11.0. The van der Waals surface area contributed by atoms with Crippen LogP contribution in [0.5, 0.6) is 23.0 Å². The van der Waals surface area contributed by atoms with Gasteiger partial charge in [0.15, 0.2) is 5.75 Å². The topological polar surface area (TPSA) is 129 Å². The first-order valence-electron chi connectivity index (χ1n) is 10.2. The molecule has 160 valence electrons. The lowest BCUT2D eigenvalue weighted by atomic mass is 9.64. The van der Waals surface area contributed by atoms with Crippen LogP contribution in [0.25, 0.3) is 0 Å². The van der Waals surface area contributed by atoms with Gasteiger partial charge in [-0.15, -0.1) is 0 Å². The summed E-state index contributed by atoms with van der Waals surface area (Å²) in [6.07, 6.45) is 1.85. The second-order valence-electron chi connectivity index (χ2n) is 8.57. The predicted molar refractivity (Wildman–Crippen MR) is 108 cm³/mol. The van der Waals surface area contributed by atoms with E-state index in [0.717, 1.165) is 32.5 Å². The zero-order valence-corrected chi connectivity index (χ0v) is 16.6. The molecule has 6 rings (SSSR count). The SMILES string of the molecule is N#Cc1ccc(O[C@@]2(Oc3ccc([N+](=O)[O-])c(O)c3)[C@@H]3C[C@H]4C[C@H]2CN(C4)C3)cc1O. The molecule has 0 radical (unpaired) electrons. The first kappa shape index (κ1) is 19.5. The Morgan fingerprint density at radius 3 is 2.16 bits per heavy atom. The Morgan fingerprint density at radius 2 is 1.65 bits per heavy atom. The van der Waals surface area contributed by atoms with Gasteiger partial charge in [-0.2, -0.15) is 5.26 Å². The molecule has 2 aromatic rings. The Hall–Kier alpha value is -3.51. The molecular formula is C22H21N3O6. The monoisotopic (exact) mass is 423 g/mol. The smallest absolute Gasteiger partial charge is 0.310 e. The minimum atomic E-state index is -1.05. The first-order chi connectivity index (χ1) is 14.9. The normalized spacial score (nSPS) is 30.5. The minimum absolute atomic E-state index is 0.0499. The lowest BCUT2D eigenvalue weighted by molar-refractivity contribution is -0.385. The van der Waals surface area contributed by atoms with Crippen LogP contribution in [-0.2, 0) is 0 Å². The molecule has 1 saturated carbocycles. The second-order valence-corrected chi connectivity index (χ2v) is 8.57. The maximum atomic E-state index is 11.0. The lowest BCUT2D eigenvalue weighted by Gasteiger charge is -2.60. The van der Waals surface area contributed by atoms with Gasteiger partial charge in [-0.1, -0.05) is 0 Å². The van der Waals surface area contributed by atoms with Gasteiger partial charge in [0.2, 0.25) is 0 Å². The van der Waals surface area contributed by atoms with Crippen LogP contribution in [-0.4, -0.2) is 45.5 Å². The van der Waals surface area contributed by atoms with Crippen molar-refractivity contribution in [2.24, 2.45) is 17.8 Å². The fourth-order valence-corrected chi connectivity index (χ4v) is 5.44. The van der Waals surface area contributed by atoms with Crippen molar-refractivity contribution in [2.45, 2.75) is 18.6 Å². The van der Waals surface area contributed by atoms with Gasteiger partial charge < -0.3 is 24.6 Å². The Bertz CT molecular complexity index is 1070. The van der Waals surface area contributed by atoms with E-state index in [1.807, 2.05) is 6.07 Å². The minimum Gasteiger partial charge on any atom is -0.506 e. The molecule has 1 unspecified atom stereocenters. The molecule has 5 atom stereocenters. The number of nitrogens with zero attached hydrogens (tertiary/aromatic N) is 3. The molecular weight excluding hydrogens is 402 g/mol. The average molecular weight is 423 g/mol. The number of phenols is 2. The number of hydrogen-bond donors (Lipinski definition) is 2. The molecule has 0 amide bonds. The standard InChI is InChI=1S/C22H21N3O6/c23-9-14-1-2-17(7-20(14)26)30-22(15-5-13-6-16(22)12-24(10-13)11-15)31-18-3-4-19(25(28)29)21(27)8-18/h1-4,7-8,13,15-16,26-27H,5-6,10-12H2/t13-,15+,16-,22+. The number of ether oxygens (including phenoxy) is 2. The summed E-state index contributed by atoms with van der Waals surface area (Å²) in [6, 6.07) is 10.4. The van der Waals surface area contributed by atoms with Crippen LogP contribution < -0.4 is 9.47 Å². The number of nitriles is 1. The third-order valence-corrected chi connectivity index (χ3v) is 6.64. The molecule has 9 heteroatoms. The second kappa shape index (κ2) is 7.03. The van der Waals surface area contributed by atoms with Gasteiger partial charge in [0.05, 0.1) is 10.5 Å². The van der Waals surface area contributed by atoms with E-state index in [1.54, 1.807) is 6.07 Å². The van der Waals surface area contributed by atoms with Crippen molar-refractivity contribution in [3.63, 3.8) is 0 Å². The first-order valence-corrected chi connectivity index (χ1v) is 10.2. The number of piperidine rings is 3. The van der Waals surface area contributed by atoms with E-state index in [9.17, 15) is 20.3 Å². The number of rotatable bonds is 5. The van der Waals surface area contributed by atoms with Gasteiger partial charge in [0.1, 0.15) is 23.3 Å². The van der Waals surface area contributed by atoms with Crippen molar-refractivity contribution < 1.29 is 24.6 Å². The molecule has 2 aromatic carbocycles. The maximum Gasteiger partial charge on any atom is 0.310 e. The summed E-state index contributed by atoms with van der Waals surface area (Å²) < 4.78 is 12.9. The average Bonchev–Trinajstić information content (AvgIpc) is 2.71. The summed E-state index contributed by atoms with van der Waals surface area (Å²) in [7, 11) is 0. The van der Waals surface area contributed by atoms with Crippen LogP contribution in [0.15, 0.2) is 36.4 Å². The van der Waals surface area contributed by atoms with E-state index in [2.05, 4.69) is 4.90 Å². The molecule has 2 N–H and O–H groups in total. The summed E-state index contributed by atoms with van der Waals surface area (Å²) in [5.74, 6) is -0.359. The van der Waals surface area contributed by atoms with Crippen molar-refractivity contribution in [2.75, 3.05) is 19.6 Å². The Kier molecular flexibility index (Phi) is 4.41. The van der Waals surface area contributed by atoms with E-state index in [4.69, 9.17) is 14.7 Å². The van der Waals surface area contributed by atoms with E-state index < -0.39 is 22.1 Å². The van der Waals surface area contributed by atoms with Crippen molar-refractivity contribution in [3.05, 3.63) is 52.1 Å². The zero-order valence-electron chi connectivity index (χ0n) is 16.6. The number of benzene rings is 2. The fourth-order valence-electron chi connectivity index (χ4n) is 5.44. The molecule has 3 heterocycles. The highest BCUT2D eigenvalue weighted by Crippen LogP contribution is 2.52. The molecule has 3 aliphatic heterocycles. The molecule has 31 heavy (non-hydrogen) atoms. The highest BCUT2D eigenvalue weighted by Gasteiger charge is 2.61. The summed E-state index contributed by atoms with van der Waals surface area (Å²) in [6.45, 7) is 2.67. The van der Waals surface area contributed by atoms with Crippen molar-refractivity contribution in [1.82, 2.24) is 4.90 Å². The molecule has 9 nitrogen and oxygen atoms in total. The van der Waals surface area contributed by atoms with E-state index >= 15 is 0 Å². The van der Waals surface area contributed by atoms with Gasteiger partial charge in [-0.05, 0) is 37.0 Å². The third kappa shape index (κ3) is 3.20. The fraction of sp³-hybridized carbons (Fsp3) is 0.409. The van der Waals surface area contributed by atoms with Crippen LogP contribution in [0.1, 0.15) is 18.4 Å². The summed E-state index contributed by atoms with van der Waals surface area (Å²) >= 11 is 0. The van der Waals surface area contributed by atoms with Crippen LogP contribution >= 0.6 is 0 Å². The predicted octanol–water partition coefficient (Wildman–Crippen LogP) is 3.00. The molecule has 4 bridgehead atoms. The van der Waals surface area contributed by atoms with Crippen LogP contribution in [0.3, 0.4) is 0 Å². The van der Waals surface area contributed by atoms with Crippen LogP contribution in [0.4, 0.5) is 5.69 Å². The highest BCUT2D eigenvalue weighted by molar-refractivity contribution is 5.50. The number of aromatic hydroxyl groups is 2. The van der Waals surface area contributed by atoms with Gasteiger partial charge >= 0.3 is 5.69 Å². The number of nitro benzene ring substituents is 1. The molecule has 4 aliphatic rings. The Morgan fingerprint density at radius 1 is 1.03 bits per heavy atom. The molecule has 0 spiro atoms. The van der Waals surface area contributed by atoms with E-state index in [-0.39, 0.29) is 28.9 Å². The van der Waals surface area contributed by atoms with Crippen molar-refractivity contribution >= 4 is 5.69 Å². The Labute approximate surface area is 178 Å². The van der Waals surface area contributed by atoms with Crippen molar-refractivity contribution in [3.8, 4) is 29.1 Å². The quantitative estimate of drug-likeness (QED) is 0.427. The largest absolute Gasteiger partial charge is 0.506 e. The van der Waals surface area contributed by atoms with Gasteiger partial charge in [0.25, 0.3) is 5.79 Å². The number of phenolic OH excluding ortho intramolecular Hbond substituents is 2.